The Morgan fingerprint density at radius 2 is 1.83 bits per heavy atom. The lowest BCUT2D eigenvalue weighted by Gasteiger charge is -2.56. The minimum Gasteiger partial charge on any atom is -0.122 e. The van der Waals surface area contributed by atoms with Gasteiger partial charge in [0.2, 0.25) is 0 Å². The largest absolute Gasteiger partial charge is 0.122 e. The van der Waals surface area contributed by atoms with Crippen molar-refractivity contribution in [3.63, 3.8) is 0 Å². The van der Waals surface area contributed by atoms with E-state index in [1.807, 2.05) is 0 Å². The van der Waals surface area contributed by atoms with Gasteiger partial charge >= 0.3 is 0 Å². The summed E-state index contributed by atoms with van der Waals surface area (Å²) in [6.45, 7) is 7.22. The van der Waals surface area contributed by atoms with E-state index >= 15 is 0 Å². The van der Waals surface area contributed by atoms with Gasteiger partial charge in [-0.2, -0.15) is 0 Å². The number of aryl methyl sites for hydroxylation is 1. The van der Waals surface area contributed by atoms with Crippen molar-refractivity contribution in [1.29, 1.82) is 0 Å². The monoisotopic (exact) mass is 262 g/mol. The summed E-state index contributed by atoms with van der Waals surface area (Å²) < 4.78 is 0. The van der Waals surface area contributed by atoms with Crippen molar-refractivity contribution < 1.29 is 0 Å². The Bertz CT molecular complexity index is 462. The average Bonchev–Trinajstić information content (AvgIpc) is 2.35. The van der Waals surface area contributed by atoms with E-state index in [1.165, 1.54) is 19.3 Å². The first kappa shape index (κ1) is 12.5. The van der Waals surface area contributed by atoms with Gasteiger partial charge in [0.05, 0.1) is 0 Å². The Kier molecular flexibility index (Phi) is 2.79. The molecule has 1 fully saturated rings. The van der Waals surface area contributed by atoms with E-state index in [2.05, 4.69) is 45.0 Å². The van der Waals surface area contributed by atoms with Crippen molar-refractivity contribution in [1.82, 2.24) is 0 Å². The Morgan fingerprint density at radius 3 is 2.61 bits per heavy atom. The van der Waals surface area contributed by atoms with Crippen LogP contribution in [-0.4, -0.2) is 5.38 Å². The van der Waals surface area contributed by atoms with Gasteiger partial charge < -0.3 is 0 Å². The lowest BCUT2D eigenvalue weighted by Crippen LogP contribution is -2.52. The highest BCUT2D eigenvalue weighted by Gasteiger charge is 2.52. The second kappa shape index (κ2) is 4.00. The topological polar surface area (TPSA) is 0 Å². The minimum absolute atomic E-state index is 0.252. The predicted molar refractivity (Wildman–Crippen MR) is 78.3 cm³/mol. The van der Waals surface area contributed by atoms with E-state index < -0.39 is 0 Å². The van der Waals surface area contributed by atoms with E-state index in [0.29, 0.717) is 10.8 Å². The van der Waals surface area contributed by atoms with Crippen LogP contribution in [0.3, 0.4) is 0 Å². The first-order valence-electron chi connectivity index (χ1n) is 7.19. The molecule has 1 aromatic carbocycles. The Hall–Kier alpha value is -0.490. The quantitative estimate of drug-likeness (QED) is 0.582. The Morgan fingerprint density at radius 1 is 1.11 bits per heavy atom. The van der Waals surface area contributed by atoms with Crippen LogP contribution in [0, 0.1) is 11.3 Å². The van der Waals surface area contributed by atoms with E-state index in [4.69, 9.17) is 11.6 Å². The second-order valence-corrected chi connectivity index (χ2v) is 7.52. The standard InChI is InChI=1S/C17H23Cl/c1-16(2)14-9-8-12-6-4-5-7-13(12)17(14,3)11-10-15(16)18/h4-7,14-15H,8-11H2,1-3H3/t14-,15?,17+/m0/s1. The molecule has 0 amide bonds. The van der Waals surface area contributed by atoms with Crippen LogP contribution in [0.1, 0.15) is 51.2 Å². The fourth-order valence-electron chi connectivity index (χ4n) is 4.62. The van der Waals surface area contributed by atoms with Crippen LogP contribution in [0.15, 0.2) is 24.3 Å². The molecule has 0 heterocycles. The van der Waals surface area contributed by atoms with Crippen LogP contribution in [-0.2, 0) is 11.8 Å². The van der Waals surface area contributed by atoms with E-state index in [1.54, 1.807) is 11.1 Å². The number of hydrogen-bond donors (Lipinski definition) is 0. The summed E-state index contributed by atoms with van der Waals surface area (Å²) >= 11 is 6.62. The molecule has 3 rings (SSSR count). The number of hydrogen-bond acceptors (Lipinski definition) is 0. The van der Waals surface area contributed by atoms with Crippen LogP contribution in [0.5, 0.6) is 0 Å². The van der Waals surface area contributed by atoms with Gasteiger partial charge in [0.1, 0.15) is 0 Å². The van der Waals surface area contributed by atoms with Crippen LogP contribution in [0.4, 0.5) is 0 Å². The Labute approximate surface area is 116 Å². The van der Waals surface area contributed by atoms with Crippen LogP contribution >= 0.6 is 11.6 Å². The molecule has 0 saturated heterocycles. The second-order valence-electron chi connectivity index (χ2n) is 6.99. The van der Waals surface area contributed by atoms with Crippen molar-refractivity contribution in [3.8, 4) is 0 Å². The fourth-order valence-corrected chi connectivity index (χ4v) is 4.88. The summed E-state index contributed by atoms with van der Waals surface area (Å²) in [6, 6.07) is 9.05. The lowest BCUT2D eigenvalue weighted by atomic mass is 9.50. The molecule has 1 unspecified atom stereocenters. The third kappa shape index (κ3) is 1.58. The summed E-state index contributed by atoms with van der Waals surface area (Å²) in [5, 5.41) is 0.334. The van der Waals surface area contributed by atoms with Gasteiger partial charge in [-0.25, -0.2) is 0 Å². The van der Waals surface area contributed by atoms with E-state index in [9.17, 15) is 0 Å². The summed E-state index contributed by atoms with van der Waals surface area (Å²) in [5.74, 6) is 0.719. The van der Waals surface area contributed by atoms with Gasteiger partial charge in [-0.3, -0.25) is 0 Å². The molecule has 98 valence electrons. The molecule has 0 radical (unpaired) electrons. The fraction of sp³-hybridized carbons (Fsp3) is 0.647. The maximum Gasteiger partial charge on any atom is 0.0390 e. The normalized spacial score (nSPS) is 37.8. The molecular formula is C17H23Cl. The van der Waals surface area contributed by atoms with Gasteiger partial charge in [-0.15, -0.1) is 11.6 Å². The third-order valence-electron chi connectivity index (χ3n) is 5.73. The zero-order chi connectivity index (χ0) is 13.0. The molecule has 1 aromatic rings. The van der Waals surface area contributed by atoms with Crippen molar-refractivity contribution in [2.24, 2.45) is 11.3 Å². The molecule has 0 bridgehead atoms. The molecule has 18 heavy (non-hydrogen) atoms. The zero-order valence-corrected chi connectivity index (χ0v) is 12.4. The smallest absolute Gasteiger partial charge is 0.0390 e. The minimum atomic E-state index is 0.252. The molecule has 1 heteroatoms. The Balaban J connectivity index is 2.10. The highest BCUT2D eigenvalue weighted by atomic mass is 35.5. The maximum absolute atomic E-state index is 6.62. The number of alkyl halides is 1. The van der Waals surface area contributed by atoms with Crippen LogP contribution in [0.2, 0.25) is 0 Å². The van der Waals surface area contributed by atoms with Crippen molar-refractivity contribution in [2.45, 2.75) is 57.2 Å². The van der Waals surface area contributed by atoms with Crippen molar-refractivity contribution >= 4 is 11.6 Å². The van der Waals surface area contributed by atoms with Gasteiger partial charge in [0.25, 0.3) is 0 Å². The highest BCUT2D eigenvalue weighted by Crippen LogP contribution is 2.58. The lowest BCUT2D eigenvalue weighted by molar-refractivity contribution is 0.0449. The van der Waals surface area contributed by atoms with Crippen molar-refractivity contribution in [3.05, 3.63) is 35.4 Å². The zero-order valence-electron chi connectivity index (χ0n) is 11.7. The molecule has 2 aliphatic carbocycles. The van der Waals surface area contributed by atoms with Crippen molar-refractivity contribution in [2.75, 3.05) is 0 Å². The van der Waals surface area contributed by atoms with E-state index in [0.717, 1.165) is 12.3 Å². The maximum atomic E-state index is 6.62. The SMILES string of the molecule is CC1(C)C(Cl)CC[C@]2(C)c3ccccc3CC[C@@H]12. The van der Waals surface area contributed by atoms with Gasteiger partial charge in [0, 0.05) is 5.38 Å². The molecule has 1 saturated carbocycles. The predicted octanol–water partition coefficient (Wildman–Crippen LogP) is 4.93. The molecule has 0 spiro atoms. The average molecular weight is 263 g/mol. The molecule has 0 nitrogen and oxygen atoms in total. The summed E-state index contributed by atoms with van der Waals surface area (Å²) in [4.78, 5) is 0. The molecule has 3 atom stereocenters. The molecule has 0 aliphatic heterocycles. The summed E-state index contributed by atoms with van der Waals surface area (Å²) in [7, 11) is 0. The first-order chi connectivity index (χ1) is 8.46. The number of benzene rings is 1. The van der Waals surface area contributed by atoms with E-state index in [-0.39, 0.29) is 5.41 Å². The summed E-state index contributed by atoms with van der Waals surface area (Å²) in [5.41, 5.74) is 3.75. The van der Waals surface area contributed by atoms with Gasteiger partial charge in [0.15, 0.2) is 0 Å². The molecule has 0 aromatic heterocycles. The van der Waals surface area contributed by atoms with Crippen LogP contribution < -0.4 is 0 Å². The molecule has 2 aliphatic rings. The van der Waals surface area contributed by atoms with Crippen LogP contribution in [0.25, 0.3) is 0 Å². The number of rotatable bonds is 0. The summed E-state index contributed by atoms with van der Waals surface area (Å²) in [6.07, 6.45) is 4.91. The number of halogens is 1. The van der Waals surface area contributed by atoms with Gasteiger partial charge in [-0.1, -0.05) is 45.0 Å². The van der Waals surface area contributed by atoms with Gasteiger partial charge in [-0.05, 0) is 53.6 Å². The highest BCUT2D eigenvalue weighted by molar-refractivity contribution is 6.21. The molecular weight excluding hydrogens is 240 g/mol. The third-order valence-corrected chi connectivity index (χ3v) is 6.51. The first-order valence-corrected chi connectivity index (χ1v) is 7.62. The molecule has 0 N–H and O–H groups in total. The number of fused-ring (bicyclic) bond motifs is 3.